The van der Waals surface area contributed by atoms with E-state index in [-0.39, 0.29) is 0 Å². The lowest BCUT2D eigenvalue weighted by Crippen LogP contribution is -2.09. The molecule has 108 valence electrons. The van der Waals surface area contributed by atoms with Crippen molar-refractivity contribution in [2.45, 2.75) is 6.92 Å². The van der Waals surface area contributed by atoms with E-state index < -0.39 is 0 Å². The van der Waals surface area contributed by atoms with Gasteiger partial charge in [-0.3, -0.25) is 0 Å². The van der Waals surface area contributed by atoms with Crippen molar-refractivity contribution in [2.24, 2.45) is 0 Å². The molecule has 0 saturated heterocycles. The summed E-state index contributed by atoms with van der Waals surface area (Å²) in [7, 11) is 0. The molecule has 0 spiro atoms. The average molecular weight is 285 g/mol. The highest BCUT2D eigenvalue weighted by Gasteiger charge is 2.11. The Morgan fingerprint density at radius 1 is 0.727 bits per heavy atom. The molecule has 0 radical (unpaired) electrons. The first kappa shape index (κ1) is 14.2. The van der Waals surface area contributed by atoms with Crippen molar-refractivity contribution in [2.75, 3.05) is 4.90 Å². The number of hydrogen-bond acceptors (Lipinski definition) is 1. The van der Waals surface area contributed by atoms with Crippen LogP contribution >= 0.6 is 0 Å². The second-order valence-electron chi connectivity index (χ2n) is 5.31. The van der Waals surface area contributed by atoms with Gasteiger partial charge in [0.05, 0.1) is 0 Å². The van der Waals surface area contributed by atoms with Crippen LogP contribution in [0.5, 0.6) is 0 Å². The van der Waals surface area contributed by atoms with Crippen LogP contribution in [0.2, 0.25) is 0 Å². The summed E-state index contributed by atoms with van der Waals surface area (Å²) in [6, 6.07) is 27.4. The number of aryl methyl sites for hydroxylation is 1. The van der Waals surface area contributed by atoms with E-state index in [0.29, 0.717) is 0 Å². The maximum Gasteiger partial charge on any atom is 0.0467 e. The van der Waals surface area contributed by atoms with Crippen molar-refractivity contribution >= 4 is 23.1 Å². The summed E-state index contributed by atoms with van der Waals surface area (Å²) in [4.78, 5) is 2.26. The van der Waals surface area contributed by atoms with Gasteiger partial charge in [0.2, 0.25) is 0 Å². The van der Waals surface area contributed by atoms with Gasteiger partial charge in [-0.15, -0.1) is 0 Å². The Bertz CT molecular complexity index is 757. The Hall–Kier alpha value is -2.80. The first-order chi connectivity index (χ1) is 10.8. The third-order valence-electron chi connectivity index (χ3n) is 3.67. The van der Waals surface area contributed by atoms with E-state index >= 15 is 0 Å². The van der Waals surface area contributed by atoms with Crippen LogP contribution in [0.1, 0.15) is 11.1 Å². The molecule has 0 saturated carbocycles. The Morgan fingerprint density at radius 3 is 2.05 bits per heavy atom. The van der Waals surface area contributed by atoms with Gasteiger partial charge in [-0.25, -0.2) is 0 Å². The molecular weight excluding hydrogens is 266 g/mol. The molecule has 3 rings (SSSR count). The Labute approximate surface area is 132 Å². The van der Waals surface area contributed by atoms with Crippen molar-refractivity contribution in [1.29, 1.82) is 0 Å². The molecule has 0 heterocycles. The molecule has 1 nitrogen and oxygen atoms in total. The highest BCUT2D eigenvalue weighted by molar-refractivity contribution is 5.77. The van der Waals surface area contributed by atoms with E-state index in [0.717, 1.165) is 22.6 Å². The SMILES string of the molecule is C=Cc1cccc(N(c2ccccc2)c2ccc(C)cc2)c1. The van der Waals surface area contributed by atoms with Crippen LogP contribution in [-0.2, 0) is 0 Å². The molecule has 3 aromatic rings. The minimum Gasteiger partial charge on any atom is -0.310 e. The Morgan fingerprint density at radius 2 is 1.36 bits per heavy atom. The van der Waals surface area contributed by atoms with Crippen molar-refractivity contribution in [3.8, 4) is 0 Å². The molecule has 3 aromatic carbocycles. The number of nitrogens with zero attached hydrogens (tertiary/aromatic N) is 1. The van der Waals surface area contributed by atoms with E-state index in [1.54, 1.807) is 0 Å². The van der Waals surface area contributed by atoms with Gasteiger partial charge in [0, 0.05) is 17.1 Å². The van der Waals surface area contributed by atoms with Crippen LogP contribution < -0.4 is 4.90 Å². The predicted molar refractivity (Wildman–Crippen MR) is 96.0 cm³/mol. The van der Waals surface area contributed by atoms with E-state index in [2.05, 4.69) is 91.2 Å². The zero-order valence-electron chi connectivity index (χ0n) is 12.7. The first-order valence-corrected chi connectivity index (χ1v) is 7.42. The van der Waals surface area contributed by atoms with E-state index in [9.17, 15) is 0 Å². The van der Waals surface area contributed by atoms with E-state index in [1.807, 2.05) is 12.1 Å². The minimum atomic E-state index is 1.12. The zero-order valence-corrected chi connectivity index (χ0v) is 12.7. The zero-order chi connectivity index (χ0) is 15.4. The van der Waals surface area contributed by atoms with Gasteiger partial charge in [0.15, 0.2) is 0 Å². The molecular formula is C21H19N. The van der Waals surface area contributed by atoms with Crippen LogP contribution in [0.3, 0.4) is 0 Å². The van der Waals surface area contributed by atoms with E-state index in [4.69, 9.17) is 0 Å². The quantitative estimate of drug-likeness (QED) is 0.559. The fraction of sp³-hybridized carbons (Fsp3) is 0.0476. The average Bonchev–Trinajstić information content (AvgIpc) is 2.58. The maximum absolute atomic E-state index is 3.87. The van der Waals surface area contributed by atoms with Crippen LogP contribution in [0, 0.1) is 6.92 Å². The Balaban J connectivity index is 2.14. The number of hydrogen-bond donors (Lipinski definition) is 0. The molecule has 0 unspecified atom stereocenters. The van der Waals surface area contributed by atoms with Gasteiger partial charge in [-0.2, -0.15) is 0 Å². The molecule has 22 heavy (non-hydrogen) atoms. The smallest absolute Gasteiger partial charge is 0.0467 e. The summed E-state index contributed by atoms with van der Waals surface area (Å²) in [6.07, 6.45) is 1.88. The summed E-state index contributed by atoms with van der Waals surface area (Å²) in [5.41, 5.74) is 5.81. The van der Waals surface area contributed by atoms with Gasteiger partial charge in [-0.1, -0.05) is 60.7 Å². The highest BCUT2D eigenvalue weighted by atomic mass is 15.1. The minimum absolute atomic E-state index is 1.12. The summed E-state index contributed by atoms with van der Waals surface area (Å²) in [5.74, 6) is 0. The first-order valence-electron chi connectivity index (χ1n) is 7.42. The standard InChI is InChI=1S/C21H19N/c1-3-18-8-7-11-21(16-18)22(19-9-5-4-6-10-19)20-14-12-17(2)13-15-20/h3-16H,1H2,2H3. The lowest BCUT2D eigenvalue weighted by molar-refractivity contribution is 1.27. The number of benzene rings is 3. The molecule has 0 aliphatic rings. The fourth-order valence-electron chi connectivity index (χ4n) is 2.51. The summed E-state index contributed by atoms with van der Waals surface area (Å²) in [6.45, 7) is 5.98. The number of rotatable bonds is 4. The van der Waals surface area contributed by atoms with Crippen LogP contribution in [0.25, 0.3) is 6.08 Å². The second kappa shape index (κ2) is 6.31. The third-order valence-corrected chi connectivity index (χ3v) is 3.67. The van der Waals surface area contributed by atoms with Crippen molar-refractivity contribution in [3.63, 3.8) is 0 Å². The topological polar surface area (TPSA) is 3.24 Å². The molecule has 0 N–H and O–H groups in total. The lowest BCUT2D eigenvalue weighted by atomic mass is 10.1. The van der Waals surface area contributed by atoms with Crippen LogP contribution in [-0.4, -0.2) is 0 Å². The van der Waals surface area contributed by atoms with Crippen LogP contribution in [0.4, 0.5) is 17.1 Å². The molecule has 0 aliphatic carbocycles. The maximum atomic E-state index is 3.87. The van der Waals surface area contributed by atoms with Gasteiger partial charge >= 0.3 is 0 Å². The third kappa shape index (κ3) is 2.94. The fourth-order valence-corrected chi connectivity index (χ4v) is 2.51. The molecule has 0 bridgehead atoms. The normalized spacial score (nSPS) is 10.2. The van der Waals surface area contributed by atoms with Gasteiger partial charge in [0.1, 0.15) is 0 Å². The van der Waals surface area contributed by atoms with E-state index in [1.165, 1.54) is 5.56 Å². The van der Waals surface area contributed by atoms with Crippen molar-refractivity contribution in [3.05, 3.63) is 96.6 Å². The molecule has 0 fully saturated rings. The number of para-hydroxylation sites is 1. The molecule has 0 aromatic heterocycles. The van der Waals surface area contributed by atoms with Crippen molar-refractivity contribution < 1.29 is 0 Å². The number of anilines is 3. The lowest BCUT2D eigenvalue weighted by Gasteiger charge is -2.25. The second-order valence-corrected chi connectivity index (χ2v) is 5.31. The molecule has 0 aliphatic heterocycles. The summed E-state index contributed by atoms with van der Waals surface area (Å²) < 4.78 is 0. The Kier molecular flexibility index (Phi) is 4.06. The highest BCUT2D eigenvalue weighted by Crippen LogP contribution is 2.34. The summed E-state index contributed by atoms with van der Waals surface area (Å²) >= 11 is 0. The monoisotopic (exact) mass is 285 g/mol. The van der Waals surface area contributed by atoms with Crippen LogP contribution in [0.15, 0.2) is 85.4 Å². The van der Waals surface area contributed by atoms with Gasteiger partial charge in [0.25, 0.3) is 0 Å². The van der Waals surface area contributed by atoms with Gasteiger partial charge in [-0.05, 0) is 48.9 Å². The summed E-state index contributed by atoms with van der Waals surface area (Å²) in [5, 5.41) is 0. The molecule has 0 atom stereocenters. The molecule has 1 heteroatoms. The molecule has 0 amide bonds. The van der Waals surface area contributed by atoms with Gasteiger partial charge < -0.3 is 4.90 Å². The van der Waals surface area contributed by atoms with Crippen molar-refractivity contribution in [1.82, 2.24) is 0 Å². The predicted octanol–water partition coefficient (Wildman–Crippen LogP) is 6.11. The largest absolute Gasteiger partial charge is 0.310 e.